The van der Waals surface area contributed by atoms with E-state index in [2.05, 4.69) is 63.8 Å². The number of carbonyl (C=O) groups excluding carboxylic acids is 2. The highest BCUT2D eigenvalue weighted by atomic mass is 127. The topological polar surface area (TPSA) is 223 Å². The van der Waals surface area contributed by atoms with Crippen molar-refractivity contribution in [1.82, 2.24) is 50.3 Å². The summed E-state index contributed by atoms with van der Waals surface area (Å²) in [6.07, 6.45) is 14.7. The summed E-state index contributed by atoms with van der Waals surface area (Å²) in [4.78, 5) is 49.9. The van der Waals surface area contributed by atoms with Gasteiger partial charge < -0.3 is 25.2 Å². The largest absolute Gasteiger partial charge is 0.491 e. The molecule has 0 aliphatic heterocycles. The van der Waals surface area contributed by atoms with Gasteiger partial charge in [0.2, 0.25) is 0 Å². The molecule has 8 aromatic rings. The maximum Gasteiger partial charge on any atom is 0.272 e. The number of hydrogen-bond acceptors (Lipinski definition) is 11. The summed E-state index contributed by atoms with van der Waals surface area (Å²) in [6, 6.07) is 22.9. The first-order valence-corrected chi connectivity index (χ1v) is 24.6. The summed E-state index contributed by atoms with van der Waals surface area (Å²) < 4.78 is 15.3. The third kappa shape index (κ3) is 8.16. The third-order valence-electron chi connectivity index (χ3n) is 14.5. The Labute approximate surface area is 402 Å². The van der Waals surface area contributed by atoms with Gasteiger partial charge in [0.1, 0.15) is 18.1 Å². The van der Waals surface area contributed by atoms with Gasteiger partial charge in [-0.25, -0.2) is 19.2 Å². The molecule has 5 N–H and O–H groups in total. The van der Waals surface area contributed by atoms with Gasteiger partial charge >= 0.3 is 0 Å². The molecule has 0 radical (unpaired) electrons. The zero-order valence-corrected chi connectivity index (χ0v) is 39.1. The minimum atomic E-state index is -0.151. The molecule has 4 fully saturated rings. The van der Waals surface area contributed by atoms with Crippen LogP contribution >= 0.6 is 22.6 Å². The van der Waals surface area contributed by atoms with E-state index in [1.54, 1.807) is 46.0 Å². The minimum absolute atomic E-state index is 0.0631. The molecule has 68 heavy (non-hydrogen) atoms. The zero-order chi connectivity index (χ0) is 46.6. The number of nitrogens with one attached hydrogen (secondary N) is 4. The highest BCUT2D eigenvalue weighted by Crippen LogP contribution is 2.63. The van der Waals surface area contributed by atoms with E-state index in [0.29, 0.717) is 51.6 Å². The van der Waals surface area contributed by atoms with Gasteiger partial charge in [-0.1, -0.05) is 59.0 Å². The van der Waals surface area contributed by atoms with Crippen LogP contribution in [0.1, 0.15) is 95.3 Å². The predicted octanol–water partition coefficient (Wildman–Crippen LogP) is 6.24. The van der Waals surface area contributed by atoms with Crippen LogP contribution in [0, 0.1) is 10.8 Å². The van der Waals surface area contributed by atoms with E-state index in [1.165, 1.54) is 0 Å². The Balaban J connectivity index is 0.000000149. The van der Waals surface area contributed by atoms with Crippen LogP contribution in [-0.2, 0) is 0 Å². The van der Waals surface area contributed by atoms with Crippen molar-refractivity contribution in [3.8, 4) is 11.5 Å². The number of halogens is 1. The number of aliphatic hydroxyl groups is 1. The Morgan fingerprint density at radius 3 is 1.49 bits per heavy atom. The third-order valence-corrected chi connectivity index (χ3v) is 14.9. The predicted molar refractivity (Wildman–Crippen MR) is 262 cm³/mol. The molecule has 0 saturated heterocycles. The fraction of sp³-hybridized carbons (Fsp3) is 0.360. The molecule has 0 unspecified atom stereocenters. The van der Waals surface area contributed by atoms with Crippen molar-refractivity contribution >= 4 is 67.0 Å². The average molecular weight is 1030 g/mol. The van der Waals surface area contributed by atoms with Gasteiger partial charge in [-0.15, -0.1) is 0 Å². The molecular weight excluding hydrogens is 980 g/mol. The number of aliphatic hydroxyl groups excluding tert-OH is 1. The smallest absolute Gasteiger partial charge is 0.272 e. The van der Waals surface area contributed by atoms with E-state index in [0.717, 1.165) is 89.2 Å². The Bertz CT molecular complexity index is 3120. The number of benzene rings is 2. The van der Waals surface area contributed by atoms with Crippen LogP contribution in [0.3, 0.4) is 0 Å². The van der Waals surface area contributed by atoms with Crippen LogP contribution in [0.15, 0.2) is 107 Å². The minimum Gasteiger partial charge on any atom is -0.491 e. The molecule has 2 aromatic carbocycles. The number of aromatic nitrogens is 8. The van der Waals surface area contributed by atoms with Crippen LogP contribution in [0.5, 0.6) is 11.5 Å². The number of hydrogen-bond donors (Lipinski definition) is 5. The molecule has 17 nitrogen and oxygen atoms in total. The molecule has 12 rings (SSSR count). The van der Waals surface area contributed by atoms with Crippen molar-refractivity contribution in [2.75, 3.05) is 24.2 Å². The van der Waals surface area contributed by atoms with E-state index >= 15 is 0 Å². The second-order valence-electron chi connectivity index (χ2n) is 18.9. The molecular formula is C50H49IN10O7. The number of fused-ring (bicyclic) bond motifs is 4. The van der Waals surface area contributed by atoms with Gasteiger partial charge in [-0.3, -0.25) is 19.2 Å². The molecule has 4 saturated carbocycles. The molecule has 0 atom stereocenters. The number of nitrogens with zero attached hydrogens (tertiary/aromatic N) is 6. The Morgan fingerprint density at radius 1 is 0.632 bits per heavy atom. The van der Waals surface area contributed by atoms with E-state index < -0.39 is 0 Å². The lowest BCUT2D eigenvalue weighted by Gasteiger charge is -2.57. The SMILES string of the molecule is O=C(NC1CC2(C1)CC(c1n[nH]c(=O)c3ccccc13)C2)c1cnn2cc(OCCI)ccc12.O=C(NC1CC2(C1)CC(c1n[nH]c(=O)c3ccccc13)C2)c1cnn2cc(OCCO)ccc12. The molecule has 6 heterocycles. The lowest BCUT2D eigenvalue weighted by atomic mass is 9.49. The second kappa shape index (κ2) is 17.8. The number of rotatable bonds is 12. The molecule has 2 amide bonds. The number of aromatic amines is 2. The molecule has 18 heteroatoms. The van der Waals surface area contributed by atoms with Crippen molar-refractivity contribution in [3.63, 3.8) is 0 Å². The molecule has 4 aliphatic rings. The van der Waals surface area contributed by atoms with Gasteiger partial charge in [-0.2, -0.15) is 20.4 Å². The van der Waals surface area contributed by atoms with Gasteiger partial charge in [0, 0.05) is 39.1 Å². The van der Waals surface area contributed by atoms with Crippen LogP contribution in [0.25, 0.3) is 32.6 Å². The average Bonchev–Trinajstić information content (AvgIpc) is 3.94. The number of H-pyrrole nitrogens is 2. The maximum atomic E-state index is 12.9. The van der Waals surface area contributed by atoms with Crippen molar-refractivity contribution in [1.29, 1.82) is 0 Å². The maximum absolute atomic E-state index is 12.9. The first-order chi connectivity index (χ1) is 33.1. The molecule has 2 spiro atoms. The van der Waals surface area contributed by atoms with Gasteiger partial charge in [0.05, 0.1) is 82.3 Å². The van der Waals surface area contributed by atoms with E-state index in [1.807, 2.05) is 60.7 Å². The fourth-order valence-corrected chi connectivity index (χ4v) is 11.6. The summed E-state index contributed by atoms with van der Waals surface area (Å²) in [5.41, 5.74) is 4.79. The highest BCUT2D eigenvalue weighted by Gasteiger charge is 2.55. The summed E-state index contributed by atoms with van der Waals surface area (Å²) in [5, 5.41) is 41.2. The Morgan fingerprint density at radius 2 is 1.06 bits per heavy atom. The van der Waals surface area contributed by atoms with Crippen LogP contribution in [0.4, 0.5) is 0 Å². The molecule has 348 valence electrons. The van der Waals surface area contributed by atoms with Gasteiger partial charge in [0.25, 0.3) is 22.9 Å². The summed E-state index contributed by atoms with van der Waals surface area (Å²) >= 11 is 2.27. The first kappa shape index (κ1) is 43.9. The first-order valence-electron chi connectivity index (χ1n) is 23.0. The van der Waals surface area contributed by atoms with Crippen LogP contribution < -0.4 is 31.2 Å². The molecule has 4 aliphatic carbocycles. The zero-order valence-electron chi connectivity index (χ0n) is 37.0. The van der Waals surface area contributed by atoms with E-state index in [-0.39, 0.29) is 59.1 Å². The van der Waals surface area contributed by atoms with Crippen molar-refractivity contribution in [3.05, 3.63) is 141 Å². The van der Waals surface area contributed by atoms with Crippen molar-refractivity contribution in [2.24, 2.45) is 10.8 Å². The Hall–Kier alpha value is -6.67. The lowest BCUT2D eigenvalue weighted by molar-refractivity contribution is -0.0199. The van der Waals surface area contributed by atoms with Crippen LogP contribution in [0.2, 0.25) is 0 Å². The number of pyridine rings is 2. The molecule has 6 aromatic heterocycles. The number of ether oxygens (including phenoxy) is 2. The molecule has 0 bridgehead atoms. The van der Waals surface area contributed by atoms with Crippen molar-refractivity contribution < 1.29 is 24.2 Å². The van der Waals surface area contributed by atoms with Crippen LogP contribution in [-0.4, -0.2) is 92.9 Å². The summed E-state index contributed by atoms with van der Waals surface area (Å²) in [7, 11) is 0. The standard InChI is InChI=1S/C25H24IN5O3.C25H25N5O4/c26-7-8-34-17-5-6-21-20(13-27-31(21)14-17)23(32)28-16-11-25(12-16)9-15(10-25)22-18-3-1-2-4-19(18)24(33)30-29-22;31-7-8-34-17-5-6-21-20(13-26-30(21)14-17)23(32)27-16-11-25(12-16)9-15(10-25)22-18-3-1-2-4-19(18)24(33)29-28-22/h1-6,13-16H,7-12H2,(H,28,32)(H,30,33);1-6,13-16,31H,7-12H2,(H,27,32)(H,29,33). The fourth-order valence-electron chi connectivity index (χ4n) is 11.4. The number of amides is 2. The summed E-state index contributed by atoms with van der Waals surface area (Å²) in [5.74, 6) is 1.80. The Kier molecular flexibility index (Phi) is 11.5. The lowest BCUT2D eigenvalue weighted by Crippen LogP contribution is -2.55. The second-order valence-corrected chi connectivity index (χ2v) is 20.0. The highest BCUT2D eigenvalue weighted by molar-refractivity contribution is 14.1. The van der Waals surface area contributed by atoms with Gasteiger partial charge in [-0.05, 0) is 98.6 Å². The van der Waals surface area contributed by atoms with E-state index in [4.69, 9.17) is 14.6 Å². The van der Waals surface area contributed by atoms with E-state index in [9.17, 15) is 19.2 Å². The summed E-state index contributed by atoms with van der Waals surface area (Å²) in [6.45, 7) is 0.782. The van der Waals surface area contributed by atoms with Gasteiger partial charge in [0.15, 0.2) is 0 Å². The van der Waals surface area contributed by atoms with Crippen molar-refractivity contribution in [2.45, 2.75) is 75.3 Å². The number of alkyl halides is 1. The monoisotopic (exact) mass is 1030 g/mol. The normalized spacial score (nSPS) is 23.6. The quantitative estimate of drug-likeness (QED) is 0.0681. The number of carbonyl (C=O) groups is 2.